The van der Waals surface area contributed by atoms with Gasteiger partial charge < -0.3 is 35.1 Å². The molecule has 45 heavy (non-hydrogen) atoms. The molecule has 0 aliphatic carbocycles. The molecule has 0 bridgehead atoms. The van der Waals surface area contributed by atoms with E-state index in [-0.39, 0.29) is 24.2 Å². The van der Waals surface area contributed by atoms with E-state index in [0.717, 1.165) is 18.8 Å². The number of rotatable bonds is 11. The van der Waals surface area contributed by atoms with Gasteiger partial charge in [-0.1, -0.05) is 32.0 Å². The fourth-order valence-corrected chi connectivity index (χ4v) is 4.22. The number of ether oxygens (including phenoxy) is 1. The summed E-state index contributed by atoms with van der Waals surface area (Å²) in [4.78, 5) is 60.8. The Morgan fingerprint density at radius 1 is 1.07 bits per heavy atom. The Hall–Kier alpha value is -4.77. The van der Waals surface area contributed by atoms with Crippen LogP contribution in [0.5, 0.6) is 0 Å². The number of morpholine rings is 1. The summed E-state index contributed by atoms with van der Waals surface area (Å²) >= 11 is 0. The zero-order valence-electron chi connectivity index (χ0n) is 24.5. The first-order valence-corrected chi connectivity index (χ1v) is 13.8. The topological polar surface area (TPSA) is 192 Å². The van der Waals surface area contributed by atoms with Gasteiger partial charge in [0.1, 0.15) is 24.1 Å². The Morgan fingerprint density at radius 2 is 1.71 bits per heavy atom. The van der Waals surface area contributed by atoms with Crippen molar-refractivity contribution in [3.8, 4) is 11.5 Å². The summed E-state index contributed by atoms with van der Waals surface area (Å²) in [7, 11) is 0. The molecule has 0 unspecified atom stereocenters. The van der Waals surface area contributed by atoms with E-state index in [1.165, 1.54) is 10.9 Å². The number of carbonyl (C=O) groups excluding carboxylic acids is 2. The number of imidazole rings is 2. The van der Waals surface area contributed by atoms with Crippen LogP contribution in [0.15, 0.2) is 42.9 Å². The first-order chi connectivity index (χ1) is 21.2. The summed E-state index contributed by atoms with van der Waals surface area (Å²) in [6, 6.07) is 7.67. The van der Waals surface area contributed by atoms with Gasteiger partial charge in [-0.05, 0) is 24.5 Å². The molecule has 1 aromatic carbocycles. The summed E-state index contributed by atoms with van der Waals surface area (Å²) in [5, 5.41) is 22.0. The maximum Gasteiger partial charge on any atom is 0.490 e. The van der Waals surface area contributed by atoms with Crippen LogP contribution in [0.25, 0.3) is 11.5 Å². The molecule has 5 N–H and O–H groups in total. The first-order valence-electron chi connectivity index (χ1n) is 13.8. The van der Waals surface area contributed by atoms with E-state index < -0.39 is 30.1 Å². The number of nitrogens with one attached hydrogen (secondary N) is 3. The smallest absolute Gasteiger partial charge is 0.480 e. The van der Waals surface area contributed by atoms with Crippen molar-refractivity contribution in [2.24, 2.45) is 5.92 Å². The van der Waals surface area contributed by atoms with Crippen LogP contribution in [0.2, 0.25) is 0 Å². The average Bonchev–Trinajstić information content (AvgIpc) is 3.59. The van der Waals surface area contributed by atoms with E-state index in [1.54, 1.807) is 30.5 Å². The van der Waals surface area contributed by atoms with E-state index >= 15 is 0 Å². The van der Waals surface area contributed by atoms with Gasteiger partial charge in [-0.15, -0.1) is 0 Å². The van der Waals surface area contributed by atoms with Crippen LogP contribution >= 0.6 is 0 Å². The summed E-state index contributed by atoms with van der Waals surface area (Å²) in [5.41, 5.74) is 1.69. The number of carbonyl (C=O) groups is 4. The molecule has 1 aliphatic rings. The monoisotopic (exact) mass is 637 g/mol. The number of H-pyrrole nitrogens is 1. The lowest BCUT2D eigenvalue weighted by atomic mass is 10.0. The fraction of sp³-hybridized carbons (Fsp3) is 0.429. The number of amides is 2. The number of aliphatic carboxylic acids is 2. The third kappa shape index (κ3) is 10.7. The SMILES string of the molecule is CC(C)C[C@H](NC(=O)Cn1cnc(-c2ncc(CN3CCOCC3)[nH]2)c1NC(=O)c1ccccc1)C(=O)O.O=C(O)C(F)(F)F. The second-order valence-corrected chi connectivity index (χ2v) is 10.4. The molecule has 17 heteroatoms. The van der Waals surface area contributed by atoms with Crippen molar-refractivity contribution in [3.63, 3.8) is 0 Å². The van der Waals surface area contributed by atoms with E-state index in [1.807, 2.05) is 19.9 Å². The summed E-state index contributed by atoms with van der Waals surface area (Å²) in [6.07, 6.45) is -1.63. The molecule has 2 aromatic heterocycles. The molecule has 1 aliphatic heterocycles. The summed E-state index contributed by atoms with van der Waals surface area (Å²) in [6.45, 7) is 7.22. The van der Waals surface area contributed by atoms with Crippen LogP contribution in [0, 0.1) is 5.92 Å². The minimum atomic E-state index is -5.08. The quantitative estimate of drug-likeness (QED) is 0.209. The van der Waals surface area contributed by atoms with Crippen molar-refractivity contribution >= 4 is 29.6 Å². The molecule has 1 saturated heterocycles. The Kier molecular flexibility index (Phi) is 12.2. The lowest BCUT2D eigenvalue weighted by molar-refractivity contribution is -0.192. The van der Waals surface area contributed by atoms with Gasteiger partial charge in [0.05, 0.1) is 25.7 Å². The largest absolute Gasteiger partial charge is 0.490 e. The molecule has 3 heterocycles. The molecule has 14 nitrogen and oxygen atoms in total. The number of alkyl halides is 3. The predicted octanol–water partition coefficient (Wildman–Crippen LogP) is 2.61. The predicted molar refractivity (Wildman–Crippen MR) is 153 cm³/mol. The van der Waals surface area contributed by atoms with Crippen LogP contribution < -0.4 is 10.6 Å². The third-order valence-corrected chi connectivity index (χ3v) is 6.35. The highest BCUT2D eigenvalue weighted by Crippen LogP contribution is 2.26. The van der Waals surface area contributed by atoms with Crippen molar-refractivity contribution in [2.75, 3.05) is 31.6 Å². The Bertz CT molecular complexity index is 1450. The lowest BCUT2D eigenvalue weighted by Gasteiger charge is -2.25. The molecule has 4 rings (SSSR count). The standard InChI is InChI=1S/C26H33N7O5.C2HF3O2/c1-17(2)12-20(26(36)37)30-21(34)15-33-16-28-22(24(33)31-25(35)18-6-4-3-5-7-18)23-27-13-19(29-23)14-32-8-10-38-11-9-32;3-2(4,5)1(6)7/h3-7,13,16-17,20H,8-12,14-15H2,1-2H3,(H,27,29)(H,30,34)(H,31,35)(H,36,37);(H,6,7)/t20-;/m0./s1. The molecule has 2 amide bonds. The number of anilines is 1. The second kappa shape index (κ2) is 15.8. The fourth-order valence-electron chi connectivity index (χ4n) is 4.22. The van der Waals surface area contributed by atoms with Gasteiger partial charge in [-0.25, -0.2) is 19.6 Å². The summed E-state index contributed by atoms with van der Waals surface area (Å²) in [5.74, 6) is -3.94. The molecular weight excluding hydrogens is 603 g/mol. The van der Waals surface area contributed by atoms with E-state index in [2.05, 4.69) is 30.5 Å². The number of carboxylic acid groups (broad SMARTS) is 2. The van der Waals surface area contributed by atoms with Gasteiger partial charge in [0.25, 0.3) is 5.91 Å². The number of hydrogen-bond donors (Lipinski definition) is 5. The summed E-state index contributed by atoms with van der Waals surface area (Å²) < 4.78 is 38.6. The van der Waals surface area contributed by atoms with E-state index in [0.29, 0.717) is 43.3 Å². The Morgan fingerprint density at radius 3 is 2.29 bits per heavy atom. The van der Waals surface area contributed by atoms with Gasteiger partial charge in [0, 0.05) is 30.9 Å². The third-order valence-electron chi connectivity index (χ3n) is 6.35. The van der Waals surface area contributed by atoms with Crippen molar-refractivity contribution in [1.82, 2.24) is 29.7 Å². The minimum Gasteiger partial charge on any atom is -0.480 e. The molecule has 1 fully saturated rings. The lowest BCUT2D eigenvalue weighted by Crippen LogP contribution is -2.43. The average molecular weight is 638 g/mol. The highest BCUT2D eigenvalue weighted by molar-refractivity contribution is 6.05. The number of carboxylic acids is 2. The van der Waals surface area contributed by atoms with Crippen LogP contribution in [-0.4, -0.2) is 96.9 Å². The molecule has 0 radical (unpaired) electrons. The van der Waals surface area contributed by atoms with Gasteiger partial charge in [0.15, 0.2) is 5.82 Å². The van der Waals surface area contributed by atoms with Crippen molar-refractivity contribution in [1.29, 1.82) is 0 Å². The molecule has 0 spiro atoms. The first kappa shape index (κ1) is 34.7. The highest BCUT2D eigenvalue weighted by atomic mass is 19.4. The van der Waals surface area contributed by atoms with Crippen LogP contribution in [-0.2, 0) is 32.2 Å². The number of halogens is 3. The van der Waals surface area contributed by atoms with Crippen molar-refractivity contribution in [3.05, 3.63) is 54.1 Å². The highest BCUT2D eigenvalue weighted by Gasteiger charge is 2.38. The van der Waals surface area contributed by atoms with Gasteiger partial charge in [-0.3, -0.25) is 14.5 Å². The number of aromatic amines is 1. The molecule has 244 valence electrons. The maximum absolute atomic E-state index is 13.0. The number of nitrogens with zero attached hydrogens (tertiary/aromatic N) is 4. The second-order valence-electron chi connectivity index (χ2n) is 10.4. The van der Waals surface area contributed by atoms with Crippen molar-refractivity contribution in [2.45, 2.75) is 45.6 Å². The Balaban J connectivity index is 0.000000707. The number of hydrogen-bond acceptors (Lipinski definition) is 8. The zero-order chi connectivity index (χ0) is 33.1. The zero-order valence-corrected chi connectivity index (χ0v) is 24.5. The maximum atomic E-state index is 13.0. The van der Waals surface area contributed by atoms with Crippen LogP contribution in [0.1, 0.15) is 36.3 Å². The van der Waals surface area contributed by atoms with E-state index in [4.69, 9.17) is 14.6 Å². The normalized spacial score (nSPS) is 14.3. The molecular formula is C28H34F3N7O7. The van der Waals surface area contributed by atoms with Gasteiger partial charge >= 0.3 is 18.1 Å². The minimum absolute atomic E-state index is 0.0857. The van der Waals surface area contributed by atoms with Gasteiger partial charge in [0.2, 0.25) is 5.91 Å². The van der Waals surface area contributed by atoms with E-state index in [9.17, 15) is 32.7 Å². The molecule has 0 saturated carbocycles. The molecule has 1 atom stereocenters. The van der Waals surface area contributed by atoms with Crippen LogP contribution in [0.4, 0.5) is 19.0 Å². The van der Waals surface area contributed by atoms with Crippen LogP contribution in [0.3, 0.4) is 0 Å². The molecule has 3 aromatic rings. The Labute approximate surface area is 255 Å². The van der Waals surface area contributed by atoms with Crippen molar-refractivity contribution < 1.29 is 47.3 Å². The number of aromatic nitrogens is 4. The number of benzene rings is 1. The van der Waals surface area contributed by atoms with Gasteiger partial charge in [-0.2, -0.15) is 13.2 Å².